The Bertz CT molecular complexity index is 933. The number of halogens is 3. The average molecular weight is 483 g/mol. The lowest BCUT2D eigenvalue weighted by atomic mass is 10.00. The van der Waals surface area contributed by atoms with Crippen molar-refractivity contribution < 1.29 is 32.3 Å². The van der Waals surface area contributed by atoms with Crippen molar-refractivity contribution in [3.05, 3.63) is 35.4 Å². The van der Waals surface area contributed by atoms with E-state index in [1.165, 1.54) is 12.1 Å². The normalized spacial score (nSPS) is 23.8. The average Bonchev–Trinajstić information content (AvgIpc) is 2.82. The van der Waals surface area contributed by atoms with Crippen LogP contribution >= 0.6 is 0 Å². The van der Waals surface area contributed by atoms with Gasteiger partial charge < -0.3 is 24.8 Å². The van der Waals surface area contributed by atoms with Crippen LogP contribution in [0.1, 0.15) is 30.4 Å². The number of amides is 4. The number of benzene rings is 1. The van der Waals surface area contributed by atoms with E-state index in [1.54, 1.807) is 21.7 Å². The highest BCUT2D eigenvalue weighted by molar-refractivity contribution is 5.80. The van der Waals surface area contributed by atoms with Crippen LogP contribution in [0.3, 0.4) is 0 Å². The predicted molar refractivity (Wildman–Crippen MR) is 116 cm³/mol. The van der Waals surface area contributed by atoms with E-state index in [9.17, 15) is 27.6 Å². The van der Waals surface area contributed by atoms with Crippen molar-refractivity contribution in [1.29, 1.82) is 0 Å². The molecule has 186 valence electrons. The third-order valence-electron chi connectivity index (χ3n) is 6.88. The van der Waals surface area contributed by atoms with Crippen LogP contribution < -0.4 is 5.32 Å². The summed E-state index contributed by atoms with van der Waals surface area (Å²) in [5.41, 5.74) is -0.447. The van der Waals surface area contributed by atoms with E-state index in [2.05, 4.69) is 5.32 Å². The molecular weight excluding hydrogens is 453 g/mol. The number of nitrogens with one attached hydrogen (secondary N) is 1. The second-order valence-electron chi connectivity index (χ2n) is 9.14. The highest BCUT2D eigenvalue weighted by Crippen LogP contribution is 2.30. The molecule has 3 fully saturated rings. The summed E-state index contributed by atoms with van der Waals surface area (Å²) >= 11 is 0. The maximum absolute atomic E-state index is 13.0. The highest BCUT2D eigenvalue weighted by atomic mass is 19.4. The lowest BCUT2D eigenvalue weighted by molar-refractivity contribution is -0.140. The summed E-state index contributed by atoms with van der Waals surface area (Å²) in [5.74, 6) is -0.423. The Morgan fingerprint density at radius 3 is 2.56 bits per heavy atom. The molecule has 11 heteroatoms. The zero-order valence-electron chi connectivity index (χ0n) is 19.0. The zero-order valence-corrected chi connectivity index (χ0v) is 19.0. The number of morpholine rings is 1. The van der Waals surface area contributed by atoms with Crippen LogP contribution in [0.25, 0.3) is 0 Å². The molecule has 8 nitrogen and oxygen atoms in total. The number of urea groups is 1. The van der Waals surface area contributed by atoms with Crippen molar-refractivity contribution in [2.45, 2.75) is 50.0 Å². The Hall–Kier alpha value is -2.82. The number of carbonyl (C=O) groups excluding carboxylic acids is 3. The summed E-state index contributed by atoms with van der Waals surface area (Å²) in [4.78, 5) is 42.4. The second kappa shape index (κ2) is 9.81. The molecule has 1 N–H and O–H groups in total. The van der Waals surface area contributed by atoms with Gasteiger partial charge in [-0.2, -0.15) is 13.2 Å². The molecule has 3 aliphatic rings. The van der Waals surface area contributed by atoms with Gasteiger partial charge in [0.15, 0.2) is 0 Å². The highest BCUT2D eigenvalue weighted by Gasteiger charge is 2.38. The van der Waals surface area contributed by atoms with Gasteiger partial charge >= 0.3 is 12.2 Å². The van der Waals surface area contributed by atoms with E-state index in [0.29, 0.717) is 51.0 Å². The summed E-state index contributed by atoms with van der Waals surface area (Å²) in [6.45, 7) is 1.99. The molecule has 0 aromatic heterocycles. The molecule has 1 aromatic carbocycles. The summed E-state index contributed by atoms with van der Waals surface area (Å²) in [7, 11) is 1.66. The fraction of sp³-hybridized carbons (Fsp3) is 0.609. The first-order valence-corrected chi connectivity index (χ1v) is 11.5. The standard InChI is InChI=1S/C23H29F3N4O4/c1-28(21(32)12-15-3-2-4-16(11-15)23(24,25)26)17-5-8-29(9-6-17)22(33)30-10-7-19-18(13-30)27-20(31)14-34-19/h2-4,11,17-19H,5-10,12-14H2,1H3,(H,27,31)/t18-,19+/m1/s1. The third kappa shape index (κ3) is 5.45. The Morgan fingerprint density at radius 1 is 1.15 bits per heavy atom. The lowest BCUT2D eigenvalue weighted by Crippen LogP contribution is -2.62. The number of nitrogens with zero attached hydrogens (tertiary/aromatic N) is 3. The molecule has 0 saturated carbocycles. The van der Waals surface area contributed by atoms with Crippen LogP contribution in [0.2, 0.25) is 0 Å². The van der Waals surface area contributed by atoms with E-state index in [-0.39, 0.29) is 49.1 Å². The molecule has 4 rings (SSSR count). The molecule has 34 heavy (non-hydrogen) atoms. The van der Waals surface area contributed by atoms with Crippen molar-refractivity contribution in [3.8, 4) is 0 Å². The summed E-state index contributed by atoms with van der Waals surface area (Å²) < 4.78 is 44.3. The van der Waals surface area contributed by atoms with Crippen molar-refractivity contribution >= 4 is 17.8 Å². The Kier molecular flexibility index (Phi) is 7.01. The quantitative estimate of drug-likeness (QED) is 0.714. The number of likely N-dealkylation sites (N-methyl/N-ethyl adjacent to an activating group) is 1. The molecule has 0 bridgehead atoms. The zero-order chi connectivity index (χ0) is 24.5. The maximum atomic E-state index is 13.0. The Balaban J connectivity index is 1.27. The molecule has 0 spiro atoms. The molecule has 4 amide bonds. The molecule has 3 saturated heterocycles. The fourth-order valence-corrected chi connectivity index (χ4v) is 4.88. The number of fused-ring (bicyclic) bond motifs is 1. The van der Waals surface area contributed by atoms with Gasteiger partial charge in [0, 0.05) is 39.3 Å². The molecule has 2 atom stereocenters. The van der Waals surface area contributed by atoms with Crippen LogP contribution in [0, 0.1) is 0 Å². The van der Waals surface area contributed by atoms with E-state index in [4.69, 9.17) is 4.74 Å². The van der Waals surface area contributed by atoms with Gasteiger partial charge in [0.25, 0.3) is 0 Å². The van der Waals surface area contributed by atoms with Crippen molar-refractivity contribution in [2.75, 3.05) is 39.8 Å². The SMILES string of the molecule is CN(C(=O)Cc1cccc(C(F)(F)F)c1)C1CCN(C(=O)N2CC[C@@H]3OCC(=O)N[C@@H]3C2)CC1. The number of alkyl halides is 3. The molecule has 0 radical (unpaired) electrons. The van der Waals surface area contributed by atoms with Crippen LogP contribution in [-0.4, -0.2) is 90.6 Å². The number of hydrogen-bond donors (Lipinski definition) is 1. The maximum Gasteiger partial charge on any atom is 0.416 e. The van der Waals surface area contributed by atoms with E-state index in [1.807, 2.05) is 0 Å². The van der Waals surface area contributed by atoms with Crippen molar-refractivity contribution in [1.82, 2.24) is 20.0 Å². The van der Waals surface area contributed by atoms with Crippen LogP contribution in [-0.2, 0) is 26.9 Å². The molecule has 3 heterocycles. The summed E-state index contributed by atoms with van der Waals surface area (Å²) in [5, 5.41) is 2.89. The molecule has 1 aromatic rings. The number of ether oxygens (including phenoxy) is 1. The number of piperidine rings is 2. The number of hydrogen-bond acceptors (Lipinski definition) is 4. The molecule has 0 unspecified atom stereocenters. The van der Waals surface area contributed by atoms with Crippen LogP contribution in [0.4, 0.5) is 18.0 Å². The molecule has 3 aliphatic heterocycles. The predicted octanol–water partition coefficient (Wildman–Crippen LogP) is 1.88. The Labute approximate surface area is 196 Å². The first-order chi connectivity index (χ1) is 16.1. The van der Waals surface area contributed by atoms with Gasteiger partial charge in [0.2, 0.25) is 11.8 Å². The third-order valence-corrected chi connectivity index (χ3v) is 6.88. The van der Waals surface area contributed by atoms with E-state index in [0.717, 1.165) is 12.1 Å². The first kappa shape index (κ1) is 24.3. The second-order valence-corrected chi connectivity index (χ2v) is 9.14. The number of carbonyl (C=O) groups is 3. The van der Waals surface area contributed by atoms with Crippen molar-refractivity contribution in [3.63, 3.8) is 0 Å². The summed E-state index contributed by atoms with van der Waals surface area (Å²) in [6, 6.07) is 4.46. The monoisotopic (exact) mass is 482 g/mol. The van der Waals surface area contributed by atoms with Crippen LogP contribution in [0.5, 0.6) is 0 Å². The minimum atomic E-state index is -4.45. The van der Waals surface area contributed by atoms with E-state index < -0.39 is 11.7 Å². The van der Waals surface area contributed by atoms with Gasteiger partial charge in [-0.15, -0.1) is 0 Å². The number of likely N-dealkylation sites (tertiary alicyclic amines) is 2. The minimum absolute atomic E-state index is 0.0582. The Morgan fingerprint density at radius 2 is 1.85 bits per heavy atom. The lowest BCUT2D eigenvalue weighted by Gasteiger charge is -2.44. The van der Waals surface area contributed by atoms with Crippen molar-refractivity contribution in [2.24, 2.45) is 0 Å². The number of rotatable bonds is 3. The van der Waals surface area contributed by atoms with Gasteiger partial charge in [-0.1, -0.05) is 18.2 Å². The van der Waals surface area contributed by atoms with Gasteiger partial charge in [0.05, 0.1) is 24.1 Å². The minimum Gasteiger partial charge on any atom is -0.366 e. The van der Waals surface area contributed by atoms with Gasteiger partial charge in [-0.25, -0.2) is 4.79 Å². The van der Waals surface area contributed by atoms with Gasteiger partial charge in [0.1, 0.15) is 6.61 Å². The van der Waals surface area contributed by atoms with Gasteiger partial charge in [-0.3, -0.25) is 9.59 Å². The van der Waals surface area contributed by atoms with Crippen LogP contribution in [0.15, 0.2) is 24.3 Å². The molecule has 0 aliphatic carbocycles. The smallest absolute Gasteiger partial charge is 0.366 e. The largest absolute Gasteiger partial charge is 0.416 e. The molecular formula is C23H29F3N4O4. The fourth-order valence-electron chi connectivity index (χ4n) is 4.88. The topological polar surface area (TPSA) is 82.2 Å². The first-order valence-electron chi connectivity index (χ1n) is 11.5. The summed E-state index contributed by atoms with van der Waals surface area (Å²) in [6.07, 6.45) is -2.77. The van der Waals surface area contributed by atoms with Gasteiger partial charge in [-0.05, 0) is 30.9 Å². The van der Waals surface area contributed by atoms with E-state index >= 15 is 0 Å².